The Balaban J connectivity index is 2.04. The lowest BCUT2D eigenvalue weighted by Gasteiger charge is -2.25. The molecule has 1 aliphatic rings. The maximum absolute atomic E-state index is 13.1. The highest BCUT2D eigenvalue weighted by atomic mass is 19.1. The number of benzene rings is 1. The Morgan fingerprint density at radius 1 is 1.41 bits per heavy atom. The number of hydrogen-bond acceptors (Lipinski definition) is 2. The van der Waals surface area contributed by atoms with E-state index >= 15 is 0 Å². The van der Waals surface area contributed by atoms with E-state index in [1.165, 1.54) is 31.4 Å². The molecule has 0 amide bonds. The van der Waals surface area contributed by atoms with Gasteiger partial charge in [-0.15, -0.1) is 0 Å². The first-order valence-electron chi connectivity index (χ1n) is 6.08. The summed E-state index contributed by atoms with van der Waals surface area (Å²) in [7, 11) is 0. The molecule has 0 saturated heterocycles. The minimum absolute atomic E-state index is 0.252. The van der Waals surface area contributed by atoms with Crippen molar-refractivity contribution in [1.29, 1.82) is 0 Å². The average Bonchev–Trinajstić information content (AvgIpc) is 2.26. The van der Waals surface area contributed by atoms with Crippen LogP contribution < -0.4 is 10.5 Å². The van der Waals surface area contributed by atoms with Gasteiger partial charge in [0.1, 0.15) is 11.6 Å². The van der Waals surface area contributed by atoms with Crippen molar-refractivity contribution in [3.63, 3.8) is 0 Å². The first-order chi connectivity index (χ1) is 8.29. The summed E-state index contributed by atoms with van der Waals surface area (Å²) >= 11 is 0. The molecule has 17 heavy (non-hydrogen) atoms. The minimum Gasteiger partial charge on any atom is -0.493 e. The molecule has 0 heterocycles. The van der Waals surface area contributed by atoms with E-state index in [2.05, 4.69) is 0 Å². The number of nitrogens with two attached hydrogens (primary N) is 1. The van der Waals surface area contributed by atoms with Crippen LogP contribution in [0.15, 0.2) is 24.3 Å². The number of hydrogen-bond donors (Lipinski definition) is 1. The summed E-state index contributed by atoms with van der Waals surface area (Å²) in [5, 5.41) is 0. The van der Waals surface area contributed by atoms with Crippen molar-refractivity contribution in [2.24, 2.45) is 11.7 Å². The Morgan fingerprint density at radius 3 is 2.88 bits per heavy atom. The first kappa shape index (κ1) is 12.1. The molecular weight excluding hydrogens is 217 g/mol. The Labute approximate surface area is 101 Å². The summed E-state index contributed by atoms with van der Waals surface area (Å²) in [4.78, 5) is 0. The molecule has 0 unspecified atom stereocenters. The molecule has 0 atom stereocenters. The molecule has 1 fully saturated rings. The Morgan fingerprint density at radius 2 is 2.24 bits per heavy atom. The average molecular weight is 235 g/mol. The third-order valence-electron chi connectivity index (χ3n) is 3.10. The highest BCUT2D eigenvalue weighted by Crippen LogP contribution is 2.28. The van der Waals surface area contributed by atoms with Crippen LogP contribution in [-0.4, -0.2) is 13.2 Å². The highest BCUT2D eigenvalue weighted by molar-refractivity contribution is 5.57. The van der Waals surface area contributed by atoms with Gasteiger partial charge in [-0.25, -0.2) is 4.39 Å². The van der Waals surface area contributed by atoms with Crippen LogP contribution >= 0.6 is 0 Å². The normalized spacial score (nSPS) is 16.1. The molecular formula is C14H18FNO. The minimum atomic E-state index is -0.252. The molecule has 0 aromatic heterocycles. The van der Waals surface area contributed by atoms with Crippen LogP contribution in [0.5, 0.6) is 5.75 Å². The maximum Gasteiger partial charge on any atom is 0.126 e. The standard InChI is InChI=1S/C14H18FNO/c15-13-6-7-14(12(9-13)5-2-8-16)17-10-11-3-1-4-11/h2,5-7,9,11H,1,3-4,8,10,16H2/b5-2+. The van der Waals surface area contributed by atoms with Crippen molar-refractivity contribution < 1.29 is 9.13 Å². The van der Waals surface area contributed by atoms with Crippen molar-refractivity contribution in [1.82, 2.24) is 0 Å². The van der Waals surface area contributed by atoms with Crippen LogP contribution in [0.2, 0.25) is 0 Å². The van der Waals surface area contributed by atoms with Crippen LogP contribution in [0.25, 0.3) is 6.08 Å². The quantitative estimate of drug-likeness (QED) is 0.851. The van der Waals surface area contributed by atoms with Crippen LogP contribution in [0.1, 0.15) is 24.8 Å². The predicted molar refractivity (Wildman–Crippen MR) is 67.3 cm³/mol. The van der Waals surface area contributed by atoms with Gasteiger partial charge in [-0.1, -0.05) is 18.6 Å². The molecule has 2 rings (SSSR count). The lowest BCUT2D eigenvalue weighted by molar-refractivity contribution is 0.180. The molecule has 1 aromatic carbocycles. The second kappa shape index (κ2) is 5.82. The van der Waals surface area contributed by atoms with Gasteiger partial charge in [0.25, 0.3) is 0 Å². The number of ether oxygens (including phenoxy) is 1. The zero-order valence-corrected chi connectivity index (χ0v) is 9.86. The van der Waals surface area contributed by atoms with Crippen molar-refractivity contribution in [2.75, 3.05) is 13.2 Å². The zero-order valence-electron chi connectivity index (χ0n) is 9.86. The molecule has 3 heteroatoms. The third kappa shape index (κ3) is 3.30. The van der Waals surface area contributed by atoms with Crippen molar-refractivity contribution >= 4 is 6.08 Å². The second-order valence-corrected chi connectivity index (χ2v) is 4.43. The summed E-state index contributed by atoms with van der Waals surface area (Å²) in [5.41, 5.74) is 6.16. The van der Waals surface area contributed by atoms with Gasteiger partial charge < -0.3 is 10.5 Å². The first-order valence-corrected chi connectivity index (χ1v) is 6.08. The summed E-state index contributed by atoms with van der Waals surface area (Å²) in [5.74, 6) is 1.16. The van der Waals surface area contributed by atoms with E-state index in [0.717, 1.165) is 17.9 Å². The second-order valence-electron chi connectivity index (χ2n) is 4.43. The lowest BCUT2D eigenvalue weighted by atomic mass is 9.86. The maximum atomic E-state index is 13.1. The van der Waals surface area contributed by atoms with E-state index < -0.39 is 0 Å². The summed E-state index contributed by atoms with van der Waals surface area (Å²) in [6.45, 7) is 1.17. The smallest absolute Gasteiger partial charge is 0.126 e. The number of halogens is 1. The predicted octanol–water partition coefficient (Wildman–Crippen LogP) is 2.98. The van der Waals surface area contributed by atoms with Gasteiger partial charge in [0.05, 0.1) is 6.61 Å². The van der Waals surface area contributed by atoms with Crippen LogP contribution in [0.4, 0.5) is 4.39 Å². The fourth-order valence-corrected chi connectivity index (χ4v) is 1.84. The monoisotopic (exact) mass is 235 g/mol. The van der Waals surface area contributed by atoms with Gasteiger partial charge in [-0.05, 0) is 37.0 Å². The molecule has 0 aliphatic heterocycles. The lowest BCUT2D eigenvalue weighted by Crippen LogP contribution is -2.19. The Bertz CT molecular complexity index is 399. The summed E-state index contributed by atoms with van der Waals surface area (Å²) < 4.78 is 18.9. The molecule has 0 spiro atoms. The van der Waals surface area contributed by atoms with Gasteiger partial charge in [-0.3, -0.25) is 0 Å². The van der Waals surface area contributed by atoms with E-state index in [-0.39, 0.29) is 5.82 Å². The molecule has 1 saturated carbocycles. The van der Waals surface area contributed by atoms with Crippen molar-refractivity contribution in [3.8, 4) is 5.75 Å². The number of rotatable bonds is 5. The van der Waals surface area contributed by atoms with Gasteiger partial charge >= 0.3 is 0 Å². The topological polar surface area (TPSA) is 35.2 Å². The van der Waals surface area contributed by atoms with Crippen LogP contribution in [0.3, 0.4) is 0 Å². The molecule has 1 aromatic rings. The molecule has 0 radical (unpaired) electrons. The summed E-state index contributed by atoms with van der Waals surface area (Å²) in [6.07, 6.45) is 7.39. The molecule has 2 N–H and O–H groups in total. The van der Waals surface area contributed by atoms with E-state index in [0.29, 0.717) is 12.5 Å². The third-order valence-corrected chi connectivity index (χ3v) is 3.10. The van der Waals surface area contributed by atoms with Gasteiger partial charge in [0.15, 0.2) is 0 Å². The van der Waals surface area contributed by atoms with E-state index in [4.69, 9.17) is 10.5 Å². The van der Waals surface area contributed by atoms with Crippen molar-refractivity contribution in [3.05, 3.63) is 35.7 Å². The molecule has 92 valence electrons. The van der Waals surface area contributed by atoms with Gasteiger partial charge in [-0.2, -0.15) is 0 Å². The largest absolute Gasteiger partial charge is 0.493 e. The highest BCUT2D eigenvalue weighted by Gasteiger charge is 2.18. The van der Waals surface area contributed by atoms with Gasteiger partial charge in [0.2, 0.25) is 0 Å². The van der Waals surface area contributed by atoms with Gasteiger partial charge in [0, 0.05) is 12.1 Å². The van der Waals surface area contributed by atoms with Crippen molar-refractivity contribution in [2.45, 2.75) is 19.3 Å². The Kier molecular flexibility index (Phi) is 4.15. The summed E-state index contributed by atoms with van der Waals surface area (Å²) in [6, 6.07) is 4.59. The molecule has 1 aliphatic carbocycles. The molecule has 0 bridgehead atoms. The molecule has 2 nitrogen and oxygen atoms in total. The zero-order chi connectivity index (χ0) is 12.1. The Hall–Kier alpha value is -1.35. The van der Waals surface area contributed by atoms with E-state index in [1.807, 2.05) is 0 Å². The van der Waals surface area contributed by atoms with E-state index in [1.54, 1.807) is 18.2 Å². The SMILES string of the molecule is NC/C=C/c1cc(F)ccc1OCC1CCC1. The fourth-order valence-electron chi connectivity index (χ4n) is 1.84. The van der Waals surface area contributed by atoms with Crippen LogP contribution in [0, 0.1) is 11.7 Å². The fraction of sp³-hybridized carbons (Fsp3) is 0.429. The van der Waals surface area contributed by atoms with Crippen LogP contribution in [-0.2, 0) is 0 Å². The van der Waals surface area contributed by atoms with E-state index in [9.17, 15) is 4.39 Å².